The van der Waals surface area contributed by atoms with Crippen LogP contribution < -0.4 is 5.32 Å². The largest absolute Gasteiger partial charge is 0.306 e. The normalized spacial score (nSPS) is 10.4. The lowest BCUT2D eigenvalue weighted by Crippen LogP contribution is -2.22. The van der Waals surface area contributed by atoms with Gasteiger partial charge in [-0.15, -0.1) is 0 Å². The van der Waals surface area contributed by atoms with Gasteiger partial charge in [0.2, 0.25) is 0 Å². The summed E-state index contributed by atoms with van der Waals surface area (Å²) in [5.41, 5.74) is 2.17. The molecule has 2 aromatic carbocycles. The summed E-state index contributed by atoms with van der Waals surface area (Å²) in [5, 5.41) is 3.09. The van der Waals surface area contributed by atoms with Crippen molar-refractivity contribution in [1.82, 2.24) is 5.32 Å². The molecule has 2 rings (SSSR count). The van der Waals surface area contributed by atoms with Crippen LogP contribution in [-0.4, -0.2) is 12.3 Å². The number of benzene rings is 2. The van der Waals surface area contributed by atoms with E-state index in [1.54, 1.807) is 13.0 Å². The molecule has 0 heterocycles. The van der Waals surface area contributed by atoms with Crippen LogP contribution in [0.5, 0.6) is 0 Å². The summed E-state index contributed by atoms with van der Waals surface area (Å²) in [4.78, 5) is 11.9. The predicted octanol–water partition coefficient (Wildman–Crippen LogP) is 3.11. The van der Waals surface area contributed by atoms with Crippen LogP contribution in [0.4, 0.5) is 4.39 Å². The molecule has 0 aliphatic heterocycles. The summed E-state index contributed by atoms with van der Waals surface area (Å²) in [5.74, 6) is -0.312. The maximum absolute atomic E-state index is 13.1. The smallest absolute Gasteiger partial charge is 0.176 e. The first-order valence-corrected chi connectivity index (χ1v) is 6.21. The van der Waals surface area contributed by atoms with E-state index in [2.05, 4.69) is 5.32 Å². The Morgan fingerprint density at radius 1 is 1.16 bits per heavy atom. The minimum atomic E-state index is -0.284. The number of ketones is 1. The Labute approximate surface area is 112 Å². The van der Waals surface area contributed by atoms with Crippen LogP contribution >= 0.6 is 0 Å². The van der Waals surface area contributed by atoms with Crippen molar-refractivity contribution in [3.05, 3.63) is 71.0 Å². The summed E-state index contributed by atoms with van der Waals surface area (Å²) in [7, 11) is 0. The number of hydrogen-bond acceptors (Lipinski definition) is 2. The third-order valence-corrected chi connectivity index (χ3v) is 2.94. The van der Waals surface area contributed by atoms with E-state index in [-0.39, 0.29) is 18.1 Å². The van der Waals surface area contributed by atoms with Gasteiger partial charge in [0.15, 0.2) is 5.78 Å². The van der Waals surface area contributed by atoms with Crippen molar-refractivity contribution >= 4 is 5.78 Å². The first-order chi connectivity index (χ1) is 9.16. The van der Waals surface area contributed by atoms with Crippen LogP contribution in [0.1, 0.15) is 21.5 Å². The molecule has 0 atom stereocenters. The molecule has 3 heteroatoms. The summed E-state index contributed by atoms with van der Waals surface area (Å²) in [6.45, 7) is 2.55. The van der Waals surface area contributed by atoms with Gasteiger partial charge in [-0.05, 0) is 36.2 Å². The molecular formula is C16H16FNO. The Hall–Kier alpha value is -2.00. The monoisotopic (exact) mass is 257 g/mol. The fourth-order valence-electron chi connectivity index (χ4n) is 1.84. The summed E-state index contributed by atoms with van der Waals surface area (Å²) in [6, 6.07) is 14.3. The number of hydrogen-bond donors (Lipinski definition) is 1. The van der Waals surface area contributed by atoms with E-state index in [4.69, 9.17) is 0 Å². The second-order valence-corrected chi connectivity index (χ2v) is 4.48. The van der Waals surface area contributed by atoms with Gasteiger partial charge in [-0.25, -0.2) is 4.39 Å². The van der Waals surface area contributed by atoms with Crippen molar-refractivity contribution in [3.8, 4) is 0 Å². The van der Waals surface area contributed by atoms with Gasteiger partial charge in [0.25, 0.3) is 0 Å². The molecule has 19 heavy (non-hydrogen) atoms. The van der Waals surface area contributed by atoms with Crippen LogP contribution in [0.25, 0.3) is 0 Å². The second-order valence-electron chi connectivity index (χ2n) is 4.48. The van der Waals surface area contributed by atoms with Gasteiger partial charge in [-0.1, -0.05) is 30.3 Å². The zero-order valence-electron chi connectivity index (χ0n) is 10.8. The van der Waals surface area contributed by atoms with Crippen LogP contribution in [0.3, 0.4) is 0 Å². The van der Waals surface area contributed by atoms with E-state index in [9.17, 15) is 9.18 Å². The van der Waals surface area contributed by atoms with Gasteiger partial charge >= 0.3 is 0 Å². The van der Waals surface area contributed by atoms with Gasteiger partial charge in [-0.3, -0.25) is 4.79 Å². The highest BCUT2D eigenvalue weighted by molar-refractivity contribution is 5.97. The molecule has 2 aromatic rings. The summed E-state index contributed by atoms with van der Waals surface area (Å²) in [6.07, 6.45) is 0. The number of carbonyl (C=O) groups is 1. The molecule has 0 fully saturated rings. The van der Waals surface area contributed by atoms with Gasteiger partial charge in [0, 0.05) is 12.1 Å². The molecule has 0 aliphatic carbocycles. The third-order valence-electron chi connectivity index (χ3n) is 2.94. The predicted molar refractivity (Wildman–Crippen MR) is 73.6 cm³/mol. The lowest BCUT2D eigenvalue weighted by Gasteiger charge is -2.05. The molecular weight excluding hydrogens is 241 g/mol. The quantitative estimate of drug-likeness (QED) is 0.834. The molecule has 0 radical (unpaired) electrons. The van der Waals surface area contributed by atoms with Gasteiger partial charge < -0.3 is 5.32 Å². The lowest BCUT2D eigenvalue weighted by molar-refractivity contribution is 0.0990. The highest BCUT2D eigenvalue weighted by atomic mass is 19.1. The Morgan fingerprint density at radius 2 is 1.89 bits per heavy atom. The SMILES string of the molecule is Cc1cc(C(=O)CNCc2ccccc2)ccc1F. The minimum Gasteiger partial charge on any atom is -0.306 e. The van der Waals surface area contributed by atoms with Crippen LogP contribution in [0.15, 0.2) is 48.5 Å². The van der Waals surface area contributed by atoms with E-state index in [1.807, 2.05) is 30.3 Å². The highest BCUT2D eigenvalue weighted by Crippen LogP contribution is 2.09. The van der Waals surface area contributed by atoms with Crippen LogP contribution in [0, 0.1) is 12.7 Å². The second kappa shape index (κ2) is 6.25. The molecule has 0 saturated heterocycles. The summed E-state index contributed by atoms with van der Waals surface area (Å²) >= 11 is 0. The van der Waals surface area contributed by atoms with Crippen molar-refractivity contribution in [2.45, 2.75) is 13.5 Å². The maximum Gasteiger partial charge on any atom is 0.176 e. The molecule has 2 nitrogen and oxygen atoms in total. The van der Waals surface area contributed by atoms with Crippen LogP contribution in [-0.2, 0) is 6.54 Å². The van der Waals surface area contributed by atoms with Gasteiger partial charge in [0.05, 0.1) is 6.54 Å². The van der Waals surface area contributed by atoms with E-state index in [0.717, 1.165) is 5.56 Å². The number of carbonyl (C=O) groups excluding carboxylic acids is 1. The number of halogens is 1. The molecule has 0 saturated carbocycles. The molecule has 0 aliphatic rings. The maximum atomic E-state index is 13.1. The Balaban J connectivity index is 1.89. The van der Waals surface area contributed by atoms with E-state index in [1.165, 1.54) is 12.1 Å². The number of rotatable bonds is 5. The van der Waals surface area contributed by atoms with Gasteiger partial charge in [-0.2, -0.15) is 0 Å². The Kier molecular flexibility index (Phi) is 4.42. The molecule has 98 valence electrons. The standard InChI is InChI=1S/C16H16FNO/c1-12-9-14(7-8-15(12)17)16(19)11-18-10-13-5-3-2-4-6-13/h2-9,18H,10-11H2,1H3. The fourth-order valence-corrected chi connectivity index (χ4v) is 1.84. The Bertz CT molecular complexity index is 566. The van der Waals surface area contributed by atoms with Crippen molar-refractivity contribution in [2.75, 3.05) is 6.54 Å². The van der Waals surface area contributed by atoms with E-state index < -0.39 is 0 Å². The molecule has 0 spiro atoms. The van der Waals surface area contributed by atoms with Crippen molar-refractivity contribution < 1.29 is 9.18 Å². The van der Waals surface area contributed by atoms with Crippen molar-refractivity contribution in [3.63, 3.8) is 0 Å². The molecule has 1 N–H and O–H groups in total. The lowest BCUT2D eigenvalue weighted by atomic mass is 10.1. The zero-order chi connectivity index (χ0) is 13.7. The molecule has 0 aromatic heterocycles. The topological polar surface area (TPSA) is 29.1 Å². The molecule has 0 unspecified atom stereocenters. The van der Waals surface area contributed by atoms with E-state index >= 15 is 0 Å². The fraction of sp³-hybridized carbons (Fsp3) is 0.188. The third kappa shape index (κ3) is 3.73. The van der Waals surface area contributed by atoms with Crippen molar-refractivity contribution in [1.29, 1.82) is 0 Å². The average molecular weight is 257 g/mol. The number of Topliss-reactive ketones (excluding diaryl/α,β-unsaturated/α-hetero) is 1. The Morgan fingerprint density at radius 3 is 2.58 bits per heavy atom. The van der Waals surface area contributed by atoms with Crippen molar-refractivity contribution in [2.24, 2.45) is 0 Å². The average Bonchev–Trinajstić information content (AvgIpc) is 2.43. The first kappa shape index (κ1) is 13.4. The van der Waals surface area contributed by atoms with Crippen LogP contribution in [0.2, 0.25) is 0 Å². The molecule has 0 amide bonds. The minimum absolute atomic E-state index is 0.0287. The first-order valence-electron chi connectivity index (χ1n) is 6.21. The van der Waals surface area contributed by atoms with E-state index in [0.29, 0.717) is 17.7 Å². The highest BCUT2D eigenvalue weighted by Gasteiger charge is 2.07. The summed E-state index contributed by atoms with van der Waals surface area (Å²) < 4.78 is 13.1. The number of nitrogens with one attached hydrogen (secondary N) is 1. The number of aryl methyl sites for hydroxylation is 1. The zero-order valence-corrected chi connectivity index (χ0v) is 10.8. The molecule has 0 bridgehead atoms. The van der Waals surface area contributed by atoms with Gasteiger partial charge in [0.1, 0.15) is 5.82 Å².